The summed E-state index contributed by atoms with van der Waals surface area (Å²) in [4.78, 5) is 3.79. The summed E-state index contributed by atoms with van der Waals surface area (Å²) in [5, 5.41) is 2.10. The Hall–Kier alpha value is -0.470. The summed E-state index contributed by atoms with van der Waals surface area (Å²) in [5.41, 5.74) is -0.0456. The first-order valence-corrected chi connectivity index (χ1v) is 10.3. The molecule has 7 heteroatoms. The standard InChI is InChI=1S/C15H24N2O3S2/c1-2-22(18,19)17-7-8-20-13-15(12-17)5-6-16(11-15)10-14-4-3-9-21-14/h3-4,9H,2,5-8,10-13H2,1H3/t15-/m0/s1. The molecule has 3 rings (SSSR count). The number of likely N-dealkylation sites (tertiary alicyclic amines) is 1. The van der Waals surface area contributed by atoms with Gasteiger partial charge in [-0.05, 0) is 31.3 Å². The van der Waals surface area contributed by atoms with Gasteiger partial charge in [0.15, 0.2) is 0 Å². The molecule has 2 fully saturated rings. The van der Waals surface area contributed by atoms with Crippen LogP contribution in [0.25, 0.3) is 0 Å². The molecule has 0 unspecified atom stereocenters. The minimum absolute atomic E-state index is 0.0456. The van der Waals surface area contributed by atoms with Crippen molar-refractivity contribution in [2.75, 3.05) is 45.1 Å². The normalized spacial score (nSPS) is 28.2. The summed E-state index contributed by atoms with van der Waals surface area (Å²) in [7, 11) is -3.14. The van der Waals surface area contributed by atoms with E-state index in [-0.39, 0.29) is 11.2 Å². The lowest BCUT2D eigenvalue weighted by molar-refractivity contribution is 0.0722. The van der Waals surface area contributed by atoms with Gasteiger partial charge in [0.1, 0.15) is 0 Å². The minimum Gasteiger partial charge on any atom is -0.379 e. The maximum Gasteiger partial charge on any atom is 0.213 e. The molecule has 3 heterocycles. The Bertz CT molecular complexity index is 588. The van der Waals surface area contributed by atoms with Crippen LogP contribution in [0.2, 0.25) is 0 Å². The van der Waals surface area contributed by atoms with Crippen molar-refractivity contribution in [2.24, 2.45) is 5.41 Å². The molecular formula is C15H24N2O3S2. The van der Waals surface area contributed by atoms with E-state index in [1.165, 1.54) is 4.88 Å². The molecular weight excluding hydrogens is 320 g/mol. The van der Waals surface area contributed by atoms with Gasteiger partial charge in [-0.2, -0.15) is 4.31 Å². The molecule has 2 saturated heterocycles. The minimum atomic E-state index is -3.14. The second-order valence-electron chi connectivity index (χ2n) is 6.33. The van der Waals surface area contributed by atoms with Gasteiger partial charge >= 0.3 is 0 Å². The van der Waals surface area contributed by atoms with Crippen LogP contribution in [0.1, 0.15) is 18.2 Å². The molecule has 2 aliphatic heterocycles. The average Bonchev–Trinajstić information content (AvgIpc) is 3.07. The van der Waals surface area contributed by atoms with Crippen molar-refractivity contribution >= 4 is 21.4 Å². The monoisotopic (exact) mass is 344 g/mol. The summed E-state index contributed by atoms with van der Waals surface area (Å²) in [5.74, 6) is 0.169. The van der Waals surface area contributed by atoms with E-state index in [1.807, 2.05) is 0 Å². The predicted octanol–water partition coefficient (Wildman–Crippen LogP) is 1.62. The molecule has 22 heavy (non-hydrogen) atoms. The van der Waals surface area contributed by atoms with Gasteiger partial charge in [0.2, 0.25) is 10.0 Å². The fraction of sp³-hybridized carbons (Fsp3) is 0.733. The lowest BCUT2D eigenvalue weighted by Crippen LogP contribution is -2.43. The highest BCUT2D eigenvalue weighted by Crippen LogP contribution is 2.35. The molecule has 124 valence electrons. The maximum atomic E-state index is 12.2. The molecule has 1 aromatic rings. The zero-order valence-corrected chi connectivity index (χ0v) is 14.7. The number of sulfonamides is 1. The molecule has 0 radical (unpaired) electrons. The summed E-state index contributed by atoms with van der Waals surface area (Å²) < 4.78 is 31.9. The Morgan fingerprint density at radius 3 is 2.95 bits per heavy atom. The van der Waals surface area contributed by atoms with Crippen molar-refractivity contribution < 1.29 is 13.2 Å². The van der Waals surface area contributed by atoms with Gasteiger partial charge < -0.3 is 4.74 Å². The highest BCUT2D eigenvalue weighted by atomic mass is 32.2. The van der Waals surface area contributed by atoms with Crippen molar-refractivity contribution in [3.63, 3.8) is 0 Å². The Balaban J connectivity index is 1.69. The van der Waals surface area contributed by atoms with E-state index in [0.29, 0.717) is 26.3 Å². The Morgan fingerprint density at radius 1 is 1.36 bits per heavy atom. The Labute approximate surface area is 136 Å². The van der Waals surface area contributed by atoms with Gasteiger partial charge in [-0.25, -0.2) is 8.42 Å². The highest BCUT2D eigenvalue weighted by Gasteiger charge is 2.43. The second kappa shape index (κ2) is 6.57. The summed E-state index contributed by atoms with van der Waals surface area (Å²) >= 11 is 1.78. The van der Waals surface area contributed by atoms with Gasteiger partial charge in [-0.3, -0.25) is 4.90 Å². The third-order valence-electron chi connectivity index (χ3n) is 4.64. The molecule has 0 amide bonds. The Kier molecular flexibility index (Phi) is 4.89. The zero-order chi connectivity index (χ0) is 15.6. The van der Waals surface area contributed by atoms with E-state index in [0.717, 1.165) is 26.1 Å². The summed E-state index contributed by atoms with van der Waals surface area (Å²) in [6.07, 6.45) is 1.01. The van der Waals surface area contributed by atoms with Crippen molar-refractivity contribution in [3.05, 3.63) is 22.4 Å². The fourth-order valence-corrected chi connectivity index (χ4v) is 5.34. The lowest BCUT2D eigenvalue weighted by Gasteiger charge is -2.31. The number of hydrogen-bond donors (Lipinski definition) is 0. The Morgan fingerprint density at radius 2 is 2.23 bits per heavy atom. The summed E-state index contributed by atoms with van der Waals surface area (Å²) in [6.45, 7) is 6.87. The molecule has 0 saturated carbocycles. The van der Waals surface area contributed by atoms with Crippen molar-refractivity contribution in [1.29, 1.82) is 0 Å². The number of rotatable bonds is 4. The highest BCUT2D eigenvalue weighted by molar-refractivity contribution is 7.89. The molecule has 0 aliphatic carbocycles. The van der Waals surface area contributed by atoms with E-state index < -0.39 is 10.0 Å². The van der Waals surface area contributed by atoms with E-state index in [1.54, 1.807) is 22.6 Å². The molecule has 1 atom stereocenters. The van der Waals surface area contributed by atoms with Crippen LogP contribution in [0.15, 0.2) is 17.5 Å². The number of thiophene rings is 1. The van der Waals surface area contributed by atoms with Crippen LogP contribution in [0, 0.1) is 5.41 Å². The van der Waals surface area contributed by atoms with Gasteiger partial charge in [0, 0.05) is 36.5 Å². The predicted molar refractivity (Wildman–Crippen MR) is 88.5 cm³/mol. The van der Waals surface area contributed by atoms with E-state index in [9.17, 15) is 8.42 Å². The molecule has 0 bridgehead atoms. The van der Waals surface area contributed by atoms with E-state index in [2.05, 4.69) is 22.4 Å². The van der Waals surface area contributed by atoms with Crippen LogP contribution in [0.5, 0.6) is 0 Å². The smallest absolute Gasteiger partial charge is 0.213 e. The largest absolute Gasteiger partial charge is 0.379 e. The van der Waals surface area contributed by atoms with Crippen LogP contribution in [-0.2, 0) is 21.3 Å². The quantitative estimate of drug-likeness (QED) is 0.833. The number of ether oxygens (including phenoxy) is 1. The molecule has 0 N–H and O–H groups in total. The van der Waals surface area contributed by atoms with E-state index in [4.69, 9.17) is 4.74 Å². The third kappa shape index (κ3) is 3.54. The number of nitrogens with zero attached hydrogens (tertiary/aromatic N) is 2. The maximum absolute atomic E-state index is 12.2. The van der Waals surface area contributed by atoms with Crippen molar-refractivity contribution in [2.45, 2.75) is 19.9 Å². The first kappa shape index (κ1) is 16.4. The fourth-order valence-electron chi connectivity index (χ4n) is 3.41. The molecule has 1 spiro atoms. The second-order valence-corrected chi connectivity index (χ2v) is 9.62. The van der Waals surface area contributed by atoms with Gasteiger partial charge in [0.05, 0.1) is 19.0 Å². The van der Waals surface area contributed by atoms with Crippen molar-refractivity contribution in [3.8, 4) is 0 Å². The van der Waals surface area contributed by atoms with Crippen LogP contribution in [0.3, 0.4) is 0 Å². The van der Waals surface area contributed by atoms with E-state index >= 15 is 0 Å². The molecule has 1 aromatic heterocycles. The number of hydrogen-bond acceptors (Lipinski definition) is 5. The first-order valence-electron chi connectivity index (χ1n) is 7.83. The van der Waals surface area contributed by atoms with Crippen LogP contribution >= 0.6 is 11.3 Å². The molecule has 5 nitrogen and oxygen atoms in total. The van der Waals surface area contributed by atoms with Crippen LogP contribution in [-0.4, -0.2) is 62.8 Å². The van der Waals surface area contributed by atoms with Gasteiger partial charge in [-0.15, -0.1) is 11.3 Å². The topological polar surface area (TPSA) is 49.9 Å². The van der Waals surface area contributed by atoms with Gasteiger partial charge in [-0.1, -0.05) is 6.07 Å². The average molecular weight is 345 g/mol. The molecule has 2 aliphatic rings. The molecule has 0 aromatic carbocycles. The van der Waals surface area contributed by atoms with Crippen molar-refractivity contribution in [1.82, 2.24) is 9.21 Å². The SMILES string of the molecule is CCS(=O)(=O)N1CCOC[C@]2(CCN(Cc3cccs3)C2)C1. The first-order chi connectivity index (χ1) is 10.5. The third-order valence-corrected chi connectivity index (χ3v) is 7.33. The van der Waals surface area contributed by atoms with Crippen LogP contribution < -0.4 is 0 Å². The summed E-state index contributed by atoms with van der Waals surface area (Å²) in [6, 6.07) is 4.24. The van der Waals surface area contributed by atoms with Gasteiger partial charge in [0.25, 0.3) is 0 Å². The lowest BCUT2D eigenvalue weighted by atomic mass is 9.88. The van der Waals surface area contributed by atoms with Crippen LogP contribution in [0.4, 0.5) is 0 Å². The zero-order valence-electron chi connectivity index (χ0n) is 13.0.